The maximum atomic E-state index is 5.97. The molecule has 0 amide bonds. The van der Waals surface area contributed by atoms with E-state index in [1.807, 2.05) is 25.1 Å². The van der Waals surface area contributed by atoms with Crippen molar-refractivity contribution < 1.29 is 0 Å². The van der Waals surface area contributed by atoms with Crippen LogP contribution in [-0.2, 0) is 6.54 Å². The van der Waals surface area contributed by atoms with Crippen molar-refractivity contribution in [1.29, 1.82) is 0 Å². The summed E-state index contributed by atoms with van der Waals surface area (Å²) in [7, 11) is 0. The van der Waals surface area contributed by atoms with Crippen LogP contribution in [0.4, 0.5) is 5.69 Å². The van der Waals surface area contributed by atoms with Crippen LogP contribution < -0.4 is 5.73 Å². The first-order valence-corrected chi connectivity index (χ1v) is 6.82. The summed E-state index contributed by atoms with van der Waals surface area (Å²) in [5.74, 6) is 0.736. The first-order chi connectivity index (χ1) is 10.1. The molecular formula is C16H17N5. The van der Waals surface area contributed by atoms with Crippen LogP contribution in [0.5, 0.6) is 0 Å². The van der Waals surface area contributed by atoms with Gasteiger partial charge in [0, 0.05) is 11.3 Å². The molecule has 0 fully saturated rings. The van der Waals surface area contributed by atoms with Crippen molar-refractivity contribution in [2.45, 2.75) is 20.4 Å². The average molecular weight is 279 g/mol. The largest absolute Gasteiger partial charge is 0.398 e. The monoisotopic (exact) mass is 279 g/mol. The highest BCUT2D eigenvalue weighted by atomic mass is 15.5. The number of tetrazole rings is 1. The molecule has 0 saturated carbocycles. The van der Waals surface area contributed by atoms with E-state index in [1.54, 1.807) is 4.68 Å². The third-order valence-corrected chi connectivity index (χ3v) is 3.60. The van der Waals surface area contributed by atoms with Crippen LogP contribution in [0.2, 0.25) is 0 Å². The molecule has 0 saturated heterocycles. The van der Waals surface area contributed by atoms with E-state index in [0.717, 1.165) is 28.2 Å². The van der Waals surface area contributed by atoms with Crippen LogP contribution in [0.15, 0.2) is 42.5 Å². The van der Waals surface area contributed by atoms with E-state index in [-0.39, 0.29) is 0 Å². The van der Waals surface area contributed by atoms with E-state index in [1.165, 1.54) is 5.56 Å². The second-order valence-corrected chi connectivity index (χ2v) is 5.17. The Balaban J connectivity index is 1.97. The molecule has 0 bridgehead atoms. The molecule has 0 aliphatic carbocycles. The maximum Gasteiger partial charge on any atom is 0.182 e. The van der Waals surface area contributed by atoms with E-state index in [9.17, 15) is 0 Å². The fourth-order valence-electron chi connectivity index (χ4n) is 2.27. The molecule has 3 aromatic rings. The minimum Gasteiger partial charge on any atom is -0.398 e. The summed E-state index contributed by atoms with van der Waals surface area (Å²) in [6, 6.07) is 14.1. The van der Waals surface area contributed by atoms with Crippen LogP contribution in [0.25, 0.3) is 11.4 Å². The van der Waals surface area contributed by atoms with E-state index in [0.29, 0.717) is 6.54 Å². The molecule has 3 rings (SSSR count). The third-order valence-electron chi connectivity index (χ3n) is 3.60. The quantitative estimate of drug-likeness (QED) is 0.748. The van der Waals surface area contributed by atoms with Crippen molar-refractivity contribution in [3.8, 4) is 11.4 Å². The summed E-state index contributed by atoms with van der Waals surface area (Å²) >= 11 is 0. The van der Waals surface area contributed by atoms with E-state index < -0.39 is 0 Å². The number of hydrogen-bond acceptors (Lipinski definition) is 4. The zero-order chi connectivity index (χ0) is 14.8. The predicted molar refractivity (Wildman–Crippen MR) is 82.7 cm³/mol. The number of aryl methyl sites for hydroxylation is 1. The zero-order valence-corrected chi connectivity index (χ0v) is 12.1. The van der Waals surface area contributed by atoms with Crippen LogP contribution in [0.3, 0.4) is 0 Å². The van der Waals surface area contributed by atoms with Crippen LogP contribution in [0.1, 0.15) is 16.7 Å². The Kier molecular flexibility index (Phi) is 3.39. The van der Waals surface area contributed by atoms with Crippen molar-refractivity contribution in [3.63, 3.8) is 0 Å². The standard InChI is InChI=1S/C16H17N5/c1-11-6-8-13(9-7-11)10-21-16(18-19-20-21)14-4-3-5-15(17)12(14)2/h3-9H,10,17H2,1-2H3. The number of nitrogens with zero attached hydrogens (tertiary/aromatic N) is 4. The molecule has 0 radical (unpaired) electrons. The molecule has 0 spiro atoms. The normalized spacial score (nSPS) is 10.8. The Morgan fingerprint density at radius 3 is 2.57 bits per heavy atom. The lowest BCUT2D eigenvalue weighted by molar-refractivity contribution is 0.653. The smallest absolute Gasteiger partial charge is 0.182 e. The number of rotatable bonds is 3. The summed E-state index contributed by atoms with van der Waals surface area (Å²) in [4.78, 5) is 0. The first kappa shape index (κ1) is 13.3. The molecule has 0 unspecified atom stereocenters. The molecule has 5 heteroatoms. The van der Waals surface area contributed by atoms with Crippen LogP contribution >= 0.6 is 0 Å². The summed E-state index contributed by atoms with van der Waals surface area (Å²) in [6.45, 7) is 4.69. The van der Waals surface area contributed by atoms with Crippen LogP contribution in [0, 0.1) is 13.8 Å². The topological polar surface area (TPSA) is 69.6 Å². The van der Waals surface area contributed by atoms with Gasteiger partial charge in [-0.25, -0.2) is 4.68 Å². The molecule has 21 heavy (non-hydrogen) atoms. The average Bonchev–Trinajstić information content (AvgIpc) is 2.92. The fourth-order valence-corrected chi connectivity index (χ4v) is 2.27. The molecule has 0 atom stereocenters. The summed E-state index contributed by atoms with van der Waals surface area (Å²) in [5.41, 5.74) is 11.1. The number of hydrogen-bond donors (Lipinski definition) is 1. The molecular weight excluding hydrogens is 262 g/mol. The highest BCUT2D eigenvalue weighted by Crippen LogP contribution is 2.25. The van der Waals surface area contributed by atoms with Gasteiger partial charge in [0.2, 0.25) is 0 Å². The highest BCUT2D eigenvalue weighted by molar-refractivity contribution is 5.67. The van der Waals surface area contributed by atoms with Gasteiger partial charge < -0.3 is 5.73 Å². The maximum absolute atomic E-state index is 5.97. The van der Waals surface area contributed by atoms with Gasteiger partial charge in [0.25, 0.3) is 0 Å². The third kappa shape index (κ3) is 2.63. The number of benzene rings is 2. The lowest BCUT2D eigenvalue weighted by atomic mass is 10.1. The summed E-state index contributed by atoms with van der Waals surface area (Å²) < 4.78 is 1.80. The number of anilines is 1. The Hall–Kier alpha value is -2.69. The van der Waals surface area contributed by atoms with Gasteiger partial charge in [0.15, 0.2) is 5.82 Å². The second-order valence-electron chi connectivity index (χ2n) is 5.17. The minimum absolute atomic E-state index is 0.636. The lowest BCUT2D eigenvalue weighted by Crippen LogP contribution is -2.05. The molecule has 2 N–H and O–H groups in total. The number of nitrogen functional groups attached to an aromatic ring is 1. The van der Waals surface area contributed by atoms with Crippen molar-refractivity contribution >= 4 is 5.69 Å². The van der Waals surface area contributed by atoms with E-state index >= 15 is 0 Å². The Bertz CT molecular complexity index is 759. The molecule has 5 nitrogen and oxygen atoms in total. The van der Waals surface area contributed by atoms with Gasteiger partial charge in [-0.3, -0.25) is 0 Å². The van der Waals surface area contributed by atoms with Crippen molar-refractivity contribution in [1.82, 2.24) is 20.2 Å². The van der Waals surface area contributed by atoms with Crippen molar-refractivity contribution in [2.24, 2.45) is 0 Å². The van der Waals surface area contributed by atoms with Gasteiger partial charge >= 0.3 is 0 Å². The molecule has 106 valence electrons. The minimum atomic E-state index is 0.636. The molecule has 0 aliphatic heterocycles. The predicted octanol–water partition coefficient (Wildman–Crippen LogP) is 2.59. The SMILES string of the molecule is Cc1ccc(Cn2nnnc2-c2cccc(N)c2C)cc1. The van der Waals surface area contributed by atoms with E-state index in [2.05, 4.69) is 46.7 Å². The first-order valence-electron chi connectivity index (χ1n) is 6.82. The highest BCUT2D eigenvalue weighted by Gasteiger charge is 2.12. The second kappa shape index (κ2) is 5.36. The van der Waals surface area contributed by atoms with Gasteiger partial charge in [-0.05, 0) is 41.5 Å². The fraction of sp³-hybridized carbons (Fsp3) is 0.188. The van der Waals surface area contributed by atoms with Gasteiger partial charge in [-0.15, -0.1) is 5.10 Å². The Morgan fingerprint density at radius 1 is 1.05 bits per heavy atom. The Labute approximate surface area is 123 Å². The molecule has 2 aromatic carbocycles. The van der Waals surface area contributed by atoms with Crippen LogP contribution in [-0.4, -0.2) is 20.2 Å². The molecule has 1 aromatic heterocycles. The van der Waals surface area contributed by atoms with Gasteiger partial charge in [-0.1, -0.05) is 42.0 Å². The zero-order valence-electron chi connectivity index (χ0n) is 12.1. The molecule has 0 aliphatic rings. The summed E-state index contributed by atoms with van der Waals surface area (Å²) in [6.07, 6.45) is 0. The molecule has 1 heterocycles. The number of aromatic nitrogens is 4. The Morgan fingerprint density at radius 2 is 1.81 bits per heavy atom. The lowest BCUT2D eigenvalue weighted by Gasteiger charge is -2.09. The summed E-state index contributed by atoms with van der Waals surface area (Å²) in [5, 5.41) is 12.0. The van der Waals surface area contributed by atoms with Gasteiger partial charge in [-0.2, -0.15) is 0 Å². The van der Waals surface area contributed by atoms with E-state index in [4.69, 9.17) is 5.73 Å². The van der Waals surface area contributed by atoms with Crippen molar-refractivity contribution in [3.05, 3.63) is 59.2 Å². The van der Waals surface area contributed by atoms with Crippen molar-refractivity contribution in [2.75, 3.05) is 5.73 Å². The van der Waals surface area contributed by atoms with Gasteiger partial charge in [0.1, 0.15) is 0 Å². The van der Waals surface area contributed by atoms with Gasteiger partial charge in [0.05, 0.1) is 6.54 Å². The number of nitrogens with two attached hydrogens (primary N) is 1.